The van der Waals surface area contributed by atoms with Crippen LogP contribution < -0.4 is 18.9 Å². The smallest absolute Gasteiger partial charge is 0.341 e. The van der Waals surface area contributed by atoms with E-state index in [1.54, 1.807) is 30.3 Å². The summed E-state index contributed by atoms with van der Waals surface area (Å²) in [6.45, 7) is 5.45. The summed E-state index contributed by atoms with van der Waals surface area (Å²) in [6.07, 6.45) is 3.03. The van der Waals surface area contributed by atoms with Crippen molar-refractivity contribution >= 4 is 5.97 Å². The number of methoxy groups -OCH3 is 1. The number of para-hydroxylation sites is 1. The van der Waals surface area contributed by atoms with Gasteiger partial charge in [0.2, 0.25) is 0 Å². The number of benzene rings is 5. The van der Waals surface area contributed by atoms with Gasteiger partial charge in [-0.1, -0.05) is 80.9 Å². The lowest BCUT2D eigenvalue weighted by molar-refractivity contribution is 0.0598. The summed E-state index contributed by atoms with van der Waals surface area (Å²) in [5, 5.41) is 0. The predicted molar refractivity (Wildman–Crippen MR) is 186 cm³/mol. The molecule has 0 amide bonds. The highest BCUT2D eigenvalue weighted by Gasteiger charge is 2.17. The Hall–Kier alpha value is -5.30. The first kappa shape index (κ1) is 34.0. The molecule has 0 saturated heterocycles. The van der Waals surface area contributed by atoms with E-state index in [-0.39, 0.29) is 5.82 Å². The molecule has 6 nitrogen and oxygen atoms in total. The standard InChI is InChI=1S/C41H41FO6/c1-4-13-33-36(18-11-19-37(33)48-38-17-10-9-16-34(38)41(43)44-3)45-24-12-25-46-39-27-40(47-28-29-14-7-6-8-15-29)35(26-30(39)5-2)31-20-22-32(42)23-21-31/h6-11,14-23,26-27H,4-5,12-13,24-25,28H2,1-3H3. The van der Waals surface area contributed by atoms with E-state index in [1.165, 1.54) is 19.2 Å². The molecule has 0 N–H and O–H groups in total. The van der Waals surface area contributed by atoms with Crippen LogP contribution >= 0.6 is 0 Å². The van der Waals surface area contributed by atoms with E-state index in [9.17, 15) is 9.18 Å². The van der Waals surface area contributed by atoms with E-state index < -0.39 is 5.97 Å². The number of carbonyl (C=O) groups excluding carboxylic acids is 1. The molecule has 0 aliphatic carbocycles. The first-order chi connectivity index (χ1) is 23.5. The second kappa shape index (κ2) is 17.0. The highest BCUT2D eigenvalue weighted by atomic mass is 19.1. The van der Waals surface area contributed by atoms with Crippen LogP contribution in [0.15, 0.2) is 109 Å². The first-order valence-corrected chi connectivity index (χ1v) is 16.3. The zero-order valence-corrected chi connectivity index (χ0v) is 27.7. The van der Waals surface area contributed by atoms with Crippen molar-refractivity contribution in [1.29, 1.82) is 0 Å². The van der Waals surface area contributed by atoms with Gasteiger partial charge in [-0.3, -0.25) is 0 Å². The third-order valence-electron chi connectivity index (χ3n) is 7.84. The zero-order valence-electron chi connectivity index (χ0n) is 27.7. The molecule has 0 atom stereocenters. The number of hydrogen-bond acceptors (Lipinski definition) is 6. The maximum absolute atomic E-state index is 13.7. The molecule has 0 spiro atoms. The van der Waals surface area contributed by atoms with Gasteiger partial charge in [-0.05, 0) is 72.0 Å². The molecule has 0 aromatic heterocycles. The minimum absolute atomic E-state index is 0.284. The Labute approximate surface area is 282 Å². The van der Waals surface area contributed by atoms with Gasteiger partial charge in [0.15, 0.2) is 0 Å². The van der Waals surface area contributed by atoms with Gasteiger partial charge in [0.25, 0.3) is 0 Å². The summed E-state index contributed by atoms with van der Waals surface area (Å²) in [7, 11) is 1.35. The third-order valence-corrected chi connectivity index (χ3v) is 7.84. The zero-order chi connectivity index (χ0) is 33.7. The number of hydrogen-bond donors (Lipinski definition) is 0. The van der Waals surface area contributed by atoms with Crippen molar-refractivity contribution in [2.45, 2.75) is 46.1 Å². The molecule has 5 rings (SSSR count). The van der Waals surface area contributed by atoms with E-state index >= 15 is 0 Å². The van der Waals surface area contributed by atoms with Crippen LogP contribution in [0.5, 0.6) is 28.7 Å². The molecule has 0 saturated carbocycles. The molecule has 0 aliphatic heterocycles. The van der Waals surface area contributed by atoms with Gasteiger partial charge in [-0.15, -0.1) is 0 Å². The fraction of sp³-hybridized carbons (Fsp3) is 0.244. The molecular weight excluding hydrogens is 607 g/mol. The van der Waals surface area contributed by atoms with E-state index in [4.69, 9.17) is 23.7 Å². The lowest BCUT2D eigenvalue weighted by Gasteiger charge is -2.18. The van der Waals surface area contributed by atoms with Crippen LogP contribution in [0, 0.1) is 5.82 Å². The molecule has 5 aromatic carbocycles. The molecule has 0 aliphatic rings. The van der Waals surface area contributed by atoms with Crippen LogP contribution in [-0.2, 0) is 24.2 Å². The van der Waals surface area contributed by atoms with E-state index in [2.05, 4.69) is 19.9 Å². The highest BCUT2D eigenvalue weighted by Crippen LogP contribution is 2.38. The van der Waals surface area contributed by atoms with E-state index in [0.29, 0.717) is 49.1 Å². The number of carbonyl (C=O) groups is 1. The van der Waals surface area contributed by atoms with Crippen molar-refractivity contribution in [3.63, 3.8) is 0 Å². The number of aryl methyl sites for hydroxylation is 1. The van der Waals surface area contributed by atoms with Gasteiger partial charge in [-0.2, -0.15) is 0 Å². The van der Waals surface area contributed by atoms with Crippen molar-refractivity contribution in [3.05, 3.63) is 137 Å². The maximum Gasteiger partial charge on any atom is 0.341 e. The SMILES string of the molecule is CCCc1c(OCCCOc2cc(OCc3ccccc3)c(-c3ccc(F)cc3)cc2CC)cccc1Oc1ccccc1C(=O)OC. The van der Waals surface area contributed by atoms with Gasteiger partial charge < -0.3 is 23.7 Å². The molecule has 248 valence electrons. The minimum Gasteiger partial charge on any atom is -0.493 e. The number of ether oxygens (including phenoxy) is 5. The fourth-order valence-electron chi connectivity index (χ4n) is 5.38. The Kier molecular flexibility index (Phi) is 12.1. The second-order valence-corrected chi connectivity index (χ2v) is 11.2. The molecule has 48 heavy (non-hydrogen) atoms. The molecule has 0 fully saturated rings. The first-order valence-electron chi connectivity index (χ1n) is 16.3. The van der Waals surface area contributed by atoms with Gasteiger partial charge in [0.05, 0.1) is 20.3 Å². The summed E-state index contributed by atoms with van der Waals surface area (Å²) in [5.74, 6) is 2.48. The average molecular weight is 649 g/mol. The normalized spacial score (nSPS) is 10.8. The van der Waals surface area contributed by atoms with E-state index in [1.807, 2.05) is 60.7 Å². The Bertz CT molecular complexity index is 1790. The summed E-state index contributed by atoms with van der Waals surface area (Å²) in [5.41, 5.74) is 5.13. The van der Waals surface area contributed by atoms with Gasteiger partial charge >= 0.3 is 5.97 Å². The lowest BCUT2D eigenvalue weighted by atomic mass is 10.00. The molecule has 5 aromatic rings. The van der Waals surface area contributed by atoms with Crippen LogP contribution in [-0.4, -0.2) is 26.3 Å². The van der Waals surface area contributed by atoms with Crippen molar-refractivity contribution in [2.75, 3.05) is 20.3 Å². The van der Waals surface area contributed by atoms with Crippen LogP contribution in [0.2, 0.25) is 0 Å². The van der Waals surface area contributed by atoms with Crippen LogP contribution in [0.4, 0.5) is 4.39 Å². The van der Waals surface area contributed by atoms with Gasteiger partial charge in [-0.25, -0.2) is 9.18 Å². The van der Waals surface area contributed by atoms with Crippen molar-refractivity contribution in [1.82, 2.24) is 0 Å². The van der Waals surface area contributed by atoms with Crippen molar-refractivity contribution in [2.24, 2.45) is 0 Å². The fourth-order valence-corrected chi connectivity index (χ4v) is 5.38. The summed E-state index contributed by atoms with van der Waals surface area (Å²) in [6, 6.07) is 33.2. The Morgan fingerprint density at radius 2 is 1.38 bits per heavy atom. The second-order valence-electron chi connectivity index (χ2n) is 11.2. The van der Waals surface area contributed by atoms with Crippen LogP contribution in [0.25, 0.3) is 11.1 Å². The number of rotatable bonds is 16. The largest absolute Gasteiger partial charge is 0.493 e. The van der Waals surface area contributed by atoms with E-state index in [0.717, 1.165) is 58.6 Å². The van der Waals surface area contributed by atoms with Gasteiger partial charge in [0, 0.05) is 23.6 Å². The minimum atomic E-state index is -0.457. The third kappa shape index (κ3) is 8.73. The summed E-state index contributed by atoms with van der Waals surface area (Å²) < 4.78 is 43.8. The van der Waals surface area contributed by atoms with Crippen LogP contribution in [0.3, 0.4) is 0 Å². The van der Waals surface area contributed by atoms with Crippen molar-refractivity contribution in [3.8, 4) is 39.9 Å². The highest BCUT2D eigenvalue weighted by molar-refractivity contribution is 5.92. The van der Waals surface area contributed by atoms with Crippen LogP contribution in [0.1, 0.15) is 53.7 Å². The molecular formula is C41H41FO6. The topological polar surface area (TPSA) is 63.2 Å². The summed E-state index contributed by atoms with van der Waals surface area (Å²) in [4.78, 5) is 12.3. The Balaban J connectivity index is 1.27. The maximum atomic E-state index is 13.7. The Morgan fingerprint density at radius 1 is 0.688 bits per heavy atom. The number of esters is 1. The van der Waals surface area contributed by atoms with Crippen molar-refractivity contribution < 1.29 is 32.9 Å². The average Bonchev–Trinajstić information content (AvgIpc) is 3.12. The molecule has 7 heteroatoms. The summed E-state index contributed by atoms with van der Waals surface area (Å²) >= 11 is 0. The lowest BCUT2D eigenvalue weighted by Crippen LogP contribution is -2.08. The molecule has 0 radical (unpaired) electrons. The Morgan fingerprint density at radius 3 is 2.10 bits per heavy atom. The number of halogens is 1. The monoisotopic (exact) mass is 648 g/mol. The molecule has 0 heterocycles. The predicted octanol–water partition coefficient (Wildman–Crippen LogP) is 10.0. The van der Waals surface area contributed by atoms with Gasteiger partial charge in [0.1, 0.15) is 46.7 Å². The quantitative estimate of drug-likeness (QED) is 0.0784. The molecule has 0 bridgehead atoms. The molecule has 0 unspecified atom stereocenters.